The first-order valence-corrected chi connectivity index (χ1v) is 17.2. The van der Waals surface area contributed by atoms with Crippen molar-refractivity contribution >= 4 is 51.3 Å². The summed E-state index contributed by atoms with van der Waals surface area (Å²) in [6, 6.07) is 29.3. The van der Waals surface area contributed by atoms with Crippen LogP contribution in [0.2, 0.25) is 0 Å². The fourth-order valence-electron chi connectivity index (χ4n) is 4.86. The third kappa shape index (κ3) is 9.34. The summed E-state index contributed by atoms with van der Waals surface area (Å²) in [6.45, 7) is 0.877. The van der Waals surface area contributed by atoms with Crippen LogP contribution in [0.15, 0.2) is 103 Å². The normalized spacial score (nSPS) is 14.3. The van der Waals surface area contributed by atoms with Crippen LogP contribution in [0.3, 0.4) is 0 Å². The summed E-state index contributed by atoms with van der Waals surface area (Å²) >= 11 is 0. The average Bonchev–Trinajstić information content (AvgIpc) is 2.96. The van der Waals surface area contributed by atoms with Gasteiger partial charge in [0.25, 0.3) is 5.91 Å². The summed E-state index contributed by atoms with van der Waals surface area (Å²) in [7, 11) is 1.54. The van der Waals surface area contributed by atoms with E-state index in [0.717, 1.165) is 11.1 Å². The van der Waals surface area contributed by atoms with Crippen LogP contribution in [0.4, 0.5) is 15.8 Å². The lowest BCUT2D eigenvalue weighted by atomic mass is 9.99. The van der Waals surface area contributed by atoms with Crippen LogP contribution >= 0.6 is 18.5 Å². The van der Waals surface area contributed by atoms with E-state index < -0.39 is 26.9 Å². The molecule has 0 saturated carbocycles. The van der Waals surface area contributed by atoms with Crippen molar-refractivity contribution in [2.45, 2.75) is 30.2 Å². The largest absolute Gasteiger partial charge is 0.508 e. The van der Waals surface area contributed by atoms with Crippen molar-refractivity contribution in [2.24, 2.45) is 5.73 Å². The molecular weight excluding hydrogens is 613 g/mol. The number of halogens is 1. The molecule has 0 fully saturated rings. The van der Waals surface area contributed by atoms with Crippen molar-refractivity contribution in [1.82, 2.24) is 10.6 Å². The predicted octanol–water partition coefficient (Wildman–Crippen LogP) is 5.08. The summed E-state index contributed by atoms with van der Waals surface area (Å²) in [5, 5.41) is 14.9. The van der Waals surface area contributed by atoms with E-state index in [9.17, 15) is 18.5 Å². The number of amides is 1. The number of benzene rings is 4. The molecule has 44 heavy (non-hydrogen) atoms. The summed E-state index contributed by atoms with van der Waals surface area (Å²) in [5.41, 5.74) is 10.5. The second-order valence-corrected chi connectivity index (χ2v) is 15.5. The molecule has 0 spiro atoms. The summed E-state index contributed by atoms with van der Waals surface area (Å²) in [4.78, 5) is 13.6. The molecular formula is C33H39FN4O3P2S. The highest BCUT2D eigenvalue weighted by atomic mass is 32.2. The average molecular weight is 653 g/mol. The number of carbonyl (C=O) groups is 1. The second kappa shape index (κ2) is 14.6. The van der Waals surface area contributed by atoms with Crippen molar-refractivity contribution in [3.63, 3.8) is 0 Å². The van der Waals surface area contributed by atoms with Crippen LogP contribution in [0.25, 0.3) is 0 Å². The van der Waals surface area contributed by atoms with Gasteiger partial charge in [-0.3, -0.25) is 9.10 Å². The minimum absolute atomic E-state index is 0.0216. The Bertz CT molecular complexity index is 1680. The fourth-order valence-corrected chi connectivity index (χ4v) is 6.34. The molecule has 5 atom stereocenters. The molecule has 1 amide bonds. The Morgan fingerprint density at radius 3 is 2.27 bits per heavy atom. The minimum atomic E-state index is -2.81. The maximum Gasteiger partial charge on any atom is 0.251 e. The zero-order chi connectivity index (χ0) is 31.9. The highest BCUT2D eigenvalue weighted by Crippen LogP contribution is 2.40. The van der Waals surface area contributed by atoms with Gasteiger partial charge in [0.2, 0.25) is 0 Å². The van der Waals surface area contributed by atoms with Gasteiger partial charge in [-0.25, -0.2) is 8.60 Å². The topological polar surface area (TPSA) is 108 Å². The van der Waals surface area contributed by atoms with Gasteiger partial charge in [0.05, 0.1) is 11.4 Å². The van der Waals surface area contributed by atoms with E-state index in [1.807, 2.05) is 42.5 Å². The Kier molecular flexibility index (Phi) is 11.2. The molecule has 0 bridgehead atoms. The van der Waals surface area contributed by atoms with E-state index in [1.165, 1.54) is 22.7 Å². The molecule has 0 heterocycles. The van der Waals surface area contributed by atoms with E-state index in [2.05, 4.69) is 35.0 Å². The number of phenolic OH excluding ortho intramolecular Hbond substituents is 1. The smallest absolute Gasteiger partial charge is 0.251 e. The molecule has 4 rings (SSSR count). The Hall–Kier alpha value is -3.32. The maximum absolute atomic E-state index is 14.4. The zero-order valence-electron chi connectivity index (χ0n) is 24.5. The molecule has 0 aliphatic heterocycles. The molecule has 11 heteroatoms. The van der Waals surface area contributed by atoms with Crippen LogP contribution in [0.1, 0.15) is 27.0 Å². The fraction of sp³-hybridized carbons (Fsp3) is 0.212. The van der Waals surface area contributed by atoms with E-state index in [4.69, 9.17) is 5.73 Å². The van der Waals surface area contributed by atoms with Gasteiger partial charge >= 0.3 is 0 Å². The number of rotatable bonds is 13. The molecule has 0 saturated heterocycles. The Morgan fingerprint density at radius 2 is 1.61 bits per heavy atom. The van der Waals surface area contributed by atoms with Gasteiger partial charge < -0.3 is 21.5 Å². The van der Waals surface area contributed by atoms with Crippen LogP contribution in [-0.2, 0) is 27.8 Å². The number of nitrogens with two attached hydrogens (primary N) is 1. The van der Waals surface area contributed by atoms with Gasteiger partial charge in [-0.05, 0) is 59.3 Å². The number of alkyl halides is 1. The van der Waals surface area contributed by atoms with Gasteiger partial charge in [0, 0.05) is 52.8 Å². The number of phenols is 1. The molecule has 7 nitrogen and oxygen atoms in total. The predicted molar refractivity (Wildman–Crippen MR) is 188 cm³/mol. The summed E-state index contributed by atoms with van der Waals surface area (Å²) in [5.74, 6) is 3.53. The third-order valence-electron chi connectivity index (χ3n) is 7.00. The Balaban J connectivity index is 1.52. The number of hydrogen-bond donors (Lipinski definition) is 4. The van der Waals surface area contributed by atoms with Gasteiger partial charge in [-0.1, -0.05) is 85.2 Å². The van der Waals surface area contributed by atoms with E-state index in [0.29, 0.717) is 42.0 Å². The minimum Gasteiger partial charge on any atom is -0.508 e. The van der Waals surface area contributed by atoms with Crippen molar-refractivity contribution in [3.05, 3.63) is 125 Å². The SMILES string of the molecule is C=S(C)(=O)N(c1cccc(O)c1)c1cccc(C(=O)NC(Cc2ccccc2)C(N)CNCc2cccc(C(F)(P)P)c2)c1. The quantitative estimate of drug-likeness (QED) is 0.119. The highest BCUT2D eigenvalue weighted by molar-refractivity contribution is 8.01. The van der Waals surface area contributed by atoms with E-state index in [1.54, 1.807) is 48.5 Å². The monoisotopic (exact) mass is 652 g/mol. The molecule has 0 aliphatic rings. The number of anilines is 2. The number of hydrogen-bond acceptors (Lipinski definition) is 5. The van der Waals surface area contributed by atoms with Gasteiger partial charge in [0.15, 0.2) is 5.15 Å². The molecule has 0 aromatic heterocycles. The van der Waals surface area contributed by atoms with Crippen molar-refractivity contribution in [1.29, 1.82) is 0 Å². The first-order chi connectivity index (χ1) is 20.8. The number of aromatic hydroxyl groups is 1. The highest BCUT2D eigenvalue weighted by Gasteiger charge is 2.23. The number of nitrogens with one attached hydrogen (secondary N) is 2. The number of carbonyl (C=O) groups excluding carboxylic acids is 1. The molecule has 232 valence electrons. The second-order valence-electron chi connectivity index (χ2n) is 10.9. The van der Waals surface area contributed by atoms with Crippen LogP contribution in [-0.4, -0.2) is 46.0 Å². The third-order valence-corrected chi connectivity index (χ3v) is 8.86. The molecule has 5 unspecified atom stereocenters. The zero-order valence-corrected chi connectivity index (χ0v) is 27.7. The van der Waals surface area contributed by atoms with Crippen molar-refractivity contribution < 1.29 is 18.5 Å². The lowest BCUT2D eigenvalue weighted by Crippen LogP contribution is -2.53. The standard InChI is InChI=1S/C33H39FN4O3P2S/c1-44(2,41)38(28-15-8-16-29(39)20-28)27-14-7-12-25(19-27)32(40)37-31(18-23-9-4-3-5-10-23)30(35)22-36-21-24-11-6-13-26(17-24)33(34,42)43/h3-17,19-20,30-31,36,39H,1,18,21-22,35,42-43H2,2H3,(H,37,40). The van der Waals surface area contributed by atoms with Crippen LogP contribution in [0, 0.1) is 0 Å². The summed E-state index contributed by atoms with van der Waals surface area (Å²) in [6.07, 6.45) is 2.00. The molecule has 4 aromatic rings. The first-order valence-electron chi connectivity index (χ1n) is 14.0. The van der Waals surface area contributed by atoms with E-state index in [-0.39, 0.29) is 11.7 Å². The van der Waals surface area contributed by atoms with Crippen molar-refractivity contribution in [3.8, 4) is 5.75 Å². The van der Waals surface area contributed by atoms with E-state index >= 15 is 0 Å². The van der Waals surface area contributed by atoms with Gasteiger partial charge in [0.1, 0.15) is 5.75 Å². The lowest BCUT2D eigenvalue weighted by molar-refractivity contribution is 0.0930. The molecule has 0 radical (unpaired) electrons. The molecule has 4 aromatic carbocycles. The lowest BCUT2D eigenvalue weighted by Gasteiger charge is -2.28. The first kappa shape index (κ1) is 33.6. The van der Waals surface area contributed by atoms with Gasteiger partial charge in [-0.15, -0.1) is 0 Å². The Labute approximate surface area is 264 Å². The van der Waals surface area contributed by atoms with Crippen LogP contribution in [0.5, 0.6) is 5.75 Å². The van der Waals surface area contributed by atoms with Gasteiger partial charge in [-0.2, -0.15) is 0 Å². The maximum atomic E-state index is 14.4. The van der Waals surface area contributed by atoms with Crippen molar-refractivity contribution in [2.75, 3.05) is 17.1 Å². The molecule has 5 N–H and O–H groups in total. The molecule has 0 aliphatic carbocycles. The van der Waals surface area contributed by atoms with Crippen LogP contribution < -0.4 is 20.7 Å². The summed E-state index contributed by atoms with van der Waals surface area (Å²) < 4.78 is 29.1. The Morgan fingerprint density at radius 1 is 0.977 bits per heavy atom. The number of nitrogens with zero attached hydrogens (tertiary/aromatic N) is 1.